The Kier molecular flexibility index (Phi) is 4.65. The summed E-state index contributed by atoms with van der Waals surface area (Å²) in [6.45, 7) is 7.86. The van der Waals surface area contributed by atoms with E-state index in [1.165, 1.54) is 6.92 Å². The molecule has 3 atom stereocenters. The summed E-state index contributed by atoms with van der Waals surface area (Å²) in [5.74, 6) is 0.978. The van der Waals surface area contributed by atoms with E-state index in [4.69, 9.17) is 9.47 Å². The minimum atomic E-state index is -0.377. The fourth-order valence-corrected chi connectivity index (χ4v) is 4.82. The van der Waals surface area contributed by atoms with Gasteiger partial charge in [-0.25, -0.2) is 0 Å². The number of carbonyl (C=O) groups excluding carboxylic acids is 2. The van der Waals surface area contributed by atoms with Crippen LogP contribution in [0.5, 0.6) is 5.75 Å². The topological polar surface area (TPSA) is 52.6 Å². The largest absolute Gasteiger partial charge is 0.496 e. The van der Waals surface area contributed by atoms with E-state index in [-0.39, 0.29) is 35.1 Å². The molecule has 0 amide bonds. The number of ketones is 1. The molecule has 25 heavy (non-hydrogen) atoms. The average molecular weight is 344 g/mol. The standard InChI is InChI=1S/C21H28O4/c1-12-9-15-16(10-19(12)24-5)20(25-13(2)22)14-7-6-8-21(3,4)17(14)11-18(15)23/h9-10,14,17,20H,6-8,11H2,1-5H3/t14-,17-,20?/m1/s1. The highest BCUT2D eigenvalue weighted by atomic mass is 16.5. The van der Waals surface area contributed by atoms with Crippen LogP contribution >= 0.6 is 0 Å². The molecule has 2 aliphatic rings. The van der Waals surface area contributed by atoms with Gasteiger partial charge < -0.3 is 9.47 Å². The Balaban J connectivity index is 2.17. The molecule has 0 N–H and O–H groups in total. The van der Waals surface area contributed by atoms with Crippen molar-refractivity contribution in [3.05, 3.63) is 28.8 Å². The zero-order valence-electron chi connectivity index (χ0n) is 15.8. The van der Waals surface area contributed by atoms with Gasteiger partial charge in [0.2, 0.25) is 0 Å². The lowest BCUT2D eigenvalue weighted by molar-refractivity contribution is -0.153. The summed E-state index contributed by atoms with van der Waals surface area (Å²) in [7, 11) is 1.63. The van der Waals surface area contributed by atoms with Crippen LogP contribution in [0.2, 0.25) is 0 Å². The molecule has 1 fully saturated rings. The van der Waals surface area contributed by atoms with Gasteiger partial charge in [0.15, 0.2) is 5.78 Å². The fourth-order valence-electron chi connectivity index (χ4n) is 4.82. The van der Waals surface area contributed by atoms with Crippen LogP contribution in [0.15, 0.2) is 12.1 Å². The number of Topliss-reactive ketones (excluding diaryl/α,β-unsaturated/α-hetero) is 1. The quantitative estimate of drug-likeness (QED) is 0.734. The smallest absolute Gasteiger partial charge is 0.303 e. The summed E-state index contributed by atoms with van der Waals surface area (Å²) in [5, 5.41) is 0. The number of methoxy groups -OCH3 is 1. The lowest BCUT2D eigenvalue weighted by atomic mass is 9.61. The summed E-state index contributed by atoms with van der Waals surface area (Å²) in [6, 6.07) is 3.80. The lowest BCUT2D eigenvalue weighted by Gasteiger charge is -2.45. The first kappa shape index (κ1) is 18.0. The van der Waals surface area contributed by atoms with Gasteiger partial charge in [0.05, 0.1) is 7.11 Å². The SMILES string of the molecule is COc1cc2c(cc1C)C(=O)C[C@@H]1[C@@H](CCCC1(C)C)C2OC(C)=O. The van der Waals surface area contributed by atoms with Crippen molar-refractivity contribution in [3.63, 3.8) is 0 Å². The van der Waals surface area contributed by atoms with Crippen LogP contribution in [-0.2, 0) is 9.53 Å². The Morgan fingerprint density at radius 1 is 1.28 bits per heavy atom. The van der Waals surface area contributed by atoms with E-state index in [1.54, 1.807) is 7.11 Å². The summed E-state index contributed by atoms with van der Waals surface area (Å²) in [4.78, 5) is 24.9. The van der Waals surface area contributed by atoms with Crippen molar-refractivity contribution in [2.24, 2.45) is 17.3 Å². The van der Waals surface area contributed by atoms with Gasteiger partial charge in [0, 0.05) is 30.4 Å². The second-order valence-corrected chi connectivity index (χ2v) is 8.22. The number of hydrogen-bond donors (Lipinski definition) is 0. The van der Waals surface area contributed by atoms with Crippen LogP contribution < -0.4 is 4.74 Å². The molecule has 136 valence electrons. The first-order valence-electron chi connectivity index (χ1n) is 9.13. The van der Waals surface area contributed by atoms with E-state index in [9.17, 15) is 9.59 Å². The molecule has 4 heteroatoms. The maximum atomic E-state index is 13.1. The van der Waals surface area contributed by atoms with E-state index < -0.39 is 0 Å². The fraction of sp³-hybridized carbons (Fsp3) is 0.619. The van der Waals surface area contributed by atoms with E-state index in [1.807, 2.05) is 19.1 Å². The normalized spacial score (nSPS) is 27.7. The van der Waals surface area contributed by atoms with Gasteiger partial charge in [-0.1, -0.05) is 20.3 Å². The number of ether oxygens (including phenoxy) is 2. The molecule has 0 spiro atoms. The van der Waals surface area contributed by atoms with E-state index in [2.05, 4.69) is 13.8 Å². The molecule has 0 aliphatic heterocycles. The van der Waals surface area contributed by atoms with Crippen LogP contribution in [0, 0.1) is 24.2 Å². The molecule has 1 aromatic rings. The number of esters is 1. The summed E-state index contributed by atoms with van der Waals surface area (Å²) < 4.78 is 11.3. The molecule has 0 heterocycles. The highest BCUT2D eigenvalue weighted by Gasteiger charge is 2.47. The number of fused-ring (bicyclic) bond motifs is 2. The summed E-state index contributed by atoms with van der Waals surface area (Å²) in [6.07, 6.45) is 3.33. The van der Waals surface area contributed by atoms with Crippen LogP contribution in [0.4, 0.5) is 0 Å². The van der Waals surface area contributed by atoms with E-state index in [0.717, 1.165) is 36.1 Å². The number of carbonyl (C=O) groups is 2. The zero-order chi connectivity index (χ0) is 18.4. The van der Waals surface area contributed by atoms with Gasteiger partial charge in [-0.15, -0.1) is 0 Å². The molecule has 4 nitrogen and oxygen atoms in total. The Bertz CT molecular complexity index is 704. The third-order valence-corrected chi connectivity index (χ3v) is 6.14. The molecule has 2 aliphatic carbocycles. The maximum Gasteiger partial charge on any atom is 0.303 e. The Morgan fingerprint density at radius 3 is 2.64 bits per heavy atom. The Labute approximate surface area is 149 Å². The first-order valence-corrected chi connectivity index (χ1v) is 9.13. The first-order chi connectivity index (χ1) is 11.7. The third-order valence-electron chi connectivity index (χ3n) is 6.14. The predicted molar refractivity (Wildman–Crippen MR) is 95.8 cm³/mol. The van der Waals surface area contributed by atoms with Crippen molar-refractivity contribution in [2.45, 2.75) is 59.5 Å². The third kappa shape index (κ3) is 3.19. The van der Waals surface area contributed by atoms with Crippen molar-refractivity contribution < 1.29 is 19.1 Å². The minimum Gasteiger partial charge on any atom is -0.496 e. The van der Waals surface area contributed by atoms with E-state index >= 15 is 0 Å². The second kappa shape index (κ2) is 6.47. The number of hydrogen-bond acceptors (Lipinski definition) is 4. The zero-order valence-corrected chi connectivity index (χ0v) is 15.8. The van der Waals surface area contributed by atoms with Gasteiger partial charge in [0.1, 0.15) is 11.9 Å². The number of benzene rings is 1. The maximum absolute atomic E-state index is 13.1. The van der Waals surface area contributed by atoms with Crippen molar-refractivity contribution in [1.29, 1.82) is 0 Å². The van der Waals surface area contributed by atoms with Crippen LogP contribution in [0.1, 0.15) is 74.0 Å². The van der Waals surface area contributed by atoms with Gasteiger partial charge in [0.25, 0.3) is 0 Å². The number of aryl methyl sites for hydroxylation is 1. The lowest BCUT2D eigenvalue weighted by Crippen LogP contribution is -2.38. The average Bonchev–Trinajstić information content (AvgIpc) is 2.64. The molecule has 1 saturated carbocycles. The monoisotopic (exact) mass is 344 g/mol. The molecule has 0 bridgehead atoms. The van der Waals surface area contributed by atoms with Gasteiger partial charge >= 0.3 is 5.97 Å². The molecular formula is C21H28O4. The molecule has 1 aromatic carbocycles. The molecule has 0 aromatic heterocycles. The Hall–Kier alpha value is -1.84. The van der Waals surface area contributed by atoms with Crippen molar-refractivity contribution in [1.82, 2.24) is 0 Å². The molecule has 3 rings (SSSR count). The van der Waals surface area contributed by atoms with Gasteiger partial charge in [-0.2, -0.15) is 0 Å². The predicted octanol–water partition coefficient (Wildman–Crippen LogP) is 4.64. The second-order valence-electron chi connectivity index (χ2n) is 8.22. The van der Waals surface area contributed by atoms with Crippen molar-refractivity contribution in [3.8, 4) is 5.75 Å². The number of rotatable bonds is 2. The van der Waals surface area contributed by atoms with Crippen LogP contribution in [0.25, 0.3) is 0 Å². The van der Waals surface area contributed by atoms with Crippen molar-refractivity contribution >= 4 is 11.8 Å². The summed E-state index contributed by atoms with van der Waals surface area (Å²) in [5.41, 5.74) is 2.50. The van der Waals surface area contributed by atoms with Crippen molar-refractivity contribution in [2.75, 3.05) is 7.11 Å². The van der Waals surface area contributed by atoms with Crippen LogP contribution in [-0.4, -0.2) is 18.9 Å². The molecule has 0 saturated heterocycles. The van der Waals surface area contributed by atoms with Gasteiger partial charge in [-0.3, -0.25) is 9.59 Å². The highest BCUT2D eigenvalue weighted by molar-refractivity contribution is 5.98. The highest BCUT2D eigenvalue weighted by Crippen LogP contribution is 2.53. The molecule has 0 radical (unpaired) electrons. The van der Waals surface area contributed by atoms with E-state index in [0.29, 0.717) is 12.0 Å². The van der Waals surface area contributed by atoms with Gasteiger partial charge in [-0.05, 0) is 48.8 Å². The molecular weight excluding hydrogens is 316 g/mol. The summed E-state index contributed by atoms with van der Waals surface area (Å²) >= 11 is 0. The minimum absolute atomic E-state index is 0.0676. The molecule has 1 unspecified atom stereocenters. The van der Waals surface area contributed by atoms with Crippen LogP contribution in [0.3, 0.4) is 0 Å². The Morgan fingerprint density at radius 2 is 2.00 bits per heavy atom.